The second-order valence-corrected chi connectivity index (χ2v) is 6.63. The second-order valence-electron chi connectivity index (χ2n) is 4.85. The molecule has 2 heterocycles. The summed E-state index contributed by atoms with van der Waals surface area (Å²) < 4.78 is 4.59. The van der Waals surface area contributed by atoms with Crippen LogP contribution in [0.2, 0.25) is 0 Å². The molecule has 5 nitrogen and oxygen atoms in total. The molecule has 0 saturated heterocycles. The highest BCUT2D eigenvalue weighted by Gasteiger charge is 2.19. The minimum Gasteiger partial charge on any atom is -0.469 e. The number of carbonyl (C=O) groups is 2. The van der Waals surface area contributed by atoms with Crippen LogP contribution in [0.3, 0.4) is 0 Å². The summed E-state index contributed by atoms with van der Waals surface area (Å²) >= 11 is 3.02. The molecular weight excluding hydrogens is 320 g/mol. The summed E-state index contributed by atoms with van der Waals surface area (Å²) in [5, 5.41) is 4.88. The van der Waals surface area contributed by atoms with Gasteiger partial charge < -0.3 is 9.64 Å². The molecule has 0 aromatic carbocycles. The zero-order chi connectivity index (χ0) is 16.1. The molecule has 0 aliphatic rings. The van der Waals surface area contributed by atoms with Crippen molar-refractivity contribution in [1.82, 2.24) is 9.88 Å². The van der Waals surface area contributed by atoms with Crippen LogP contribution in [0.5, 0.6) is 0 Å². The van der Waals surface area contributed by atoms with E-state index in [1.807, 2.05) is 23.8 Å². The van der Waals surface area contributed by atoms with Crippen molar-refractivity contribution >= 4 is 34.6 Å². The van der Waals surface area contributed by atoms with Crippen LogP contribution in [0.25, 0.3) is 10.6 Å². The van der Waals surface area contributed by atoms with Crippen LogP contribution in [-0.4, -0.2) is 42.5 Å². The third kappa shape index (κ3) is 3.92. The second kappa shape index (κ2) is 7.51. The number of carbonyl (C=O) groups excluding carboxylic acids is 2. The van der Waals surface area contributed by atoms with Gasteiger partial charge >= 0.3 is 5.97 Å². The zero-order valence-electron chi connectivity index (χ0n) is 12.8. The van der Waals surface area contributed by atoms with E-state index in [2.05, 4.69) is 9.72 Å². The van der Waals surface area contributed by atoms with Gasteiger partial charge in [-0.05, 0) is 24.8 Å². The van der Waals surface area contributed by atoms with E-state index >= 15 is 0 Å². The van der Waals surface area contributed by atoms with Gasteiger partial charge in [0.25, 0.3) is 5.91 Å². The lowest BCUT2D eigenvalue weighted by Crippen LogP contribution is -2.28. The number of ether oxygens (including phenoxy) is 1. The lowest BCUT2D eigenvalue weighted by atomic mass is 10.3. The summed E-state index contributed by atoms with van der Waals surface area (Å²) in [7, 11) is 3.10. The van der Waals surface area contributed by atoms with Gasteiger partial charge in [0, 0.05) is 31.0 Å². The Morgan fingerprint density at radius 2 is 2.18 bits per heavy atom. The van der Waals surface area contributed by atoms with Crippen molar-refractivity contribution in [2.45, 2.75) is 19.8 Å². The fourth-order valence-corrected chi connectivity index (χ4v) is 3.71. The number of hydrogen-bond acceptors (Lipinski definition) is 6. The Hall–Kier alpha value is -1.73. The first-order valence-electron chi connectivity index (χ1n) is 6.85. The number of esters is 1. The summed E-state index contributed by atoms with van der Waals surface area (Å²) in [6, 6.07) is 2.00. The molecule has 2 aromatic rings. The van der Waals surface area contributed by atoms with E-state index < -0.39 is 0 Å². The van der Waals surface area contributed by atoms with Crippen LogP contribution in [0.1, 0.15) is 28.2 Å². The van der Waals surface area contributed by atoms with Gasteiger partial charge in [-0.25, -0.2) is 4.98 Å². The molecule has 0 spiro atoms. The minimum atomic E-state index is -0.255. The largest absolute Gasteiger partial charge is 0.469 e. The van der Waals surface area contributed by atoms with Gasteiger partial charge in [-0.1, -0.05) is 0 Å². The van der Waals surface area contributed by atoms with Crippen LogP contribution in [0.4, 0.5) is 0 Å². The highest BCUT2D eigenvalue weighted by atomic mass is 32.1. The number of thiophene rings is 1. The van der Waals surface area contributed by atoms with Crippen molar-refractivity contribution in [2.24, 2.45) is 0 Å². The summed E-state index contributed by atoms with van der Waals surface area (Å²) in [6.45, 7) is 2.36. The molecule has 0 radical (unpaired) electrons. The first-order valence-corrected chi connectivity index (χ1v) is 8.61. The van der Waals surface area contributed by atoms with Crippen LogP contribution in [0.15, 0.2) is 16.8 Å². The Bertz CT molecular complexity index is 650. The summed E-state index contributed by atoms with van der Waals surface area (Å²) in [5.74, 6) is -0.309. The molecule has 118 valence electrons. The van der Waals surface area contributed by atoms with Gasteiger partial charge in [0.15, 0.2) is 0 Å². The van der Waals surface area contributed by atoms with Gasteiger partial charge in [0.2, 0.25) is 0 Å². The monoisotopic (exact) mass is 338 g/mol. The predicted octanol–water partition coefficient (Wildman–Crippen LogP) is 3.21. The highest BCUT2D eigenvalue weighted by molar-refractivity contribution is 7.17. The minimum absolute atomic E-state index is 0.0543. The van der Waals surface area contributed by atoms with Gasteiger partial charge in [0.1, 0.15) is 9.88 Å². The van der Waals surface area contributed by atoms with E-state index in [1.54, 1.807) is 23.3 Å². The SMILES string of the molecule is COC(=O)CCCN(C)C(=O)c1sc(-c2ccsc2)nc1C. The fourth-order valence-electron chi connectivity index (χ4n) is 1.94. The maximum Gasteiger partial charge on any atom is 0.305 e. The highest BCUT2D eigenvalue weighted by Crippen LogP contribution is 2.30. The molecule has 7 heteroatoms. The predicted molar refractivity (Wildman–Crippen MR) is 88.4 cm³/mol. The summed E-state index contributed by atoms with van der Waals surface area (Å²) in [5.41, 5.74) is 1.79. The fraction of sp³-hybridized carbons (Fsp3) is 0.400. The number of aryl methyl sites for hydroxylation is 1. The van der Waals surface area contributed by atoms with Crippen LogP contribution in [-0.2, 0) is 9.53 Å². The van der Waals surface area contributed by atoms with Gasteiger partial charge in [0.05, 0.1) is 12.8 Å². The van der Waals surface area contributed by atoms with Gasteiger partial charge in [-0.2, -0.15) is 11.3 Å². The molecular formula is C15H18N2O3S2. The molecule has 0 N–H and O–H groups in total. The van der Waals surface area contributed by atoms with E-state index in [1.165, 1.54) is 18.4 Å². The van der Waals surface area contributed by atoms with Gasteiger partial charge in [-0.15, -0.1) is 11.3 Å². The zero-order valence-corrected chi connectivity index (χ0v) is 14.4. The topological polar surface area (TPSA) is 59.5 Å². The number of thiazole rings is 1. The van der Waals surface area contributed by atoms with E-state index in [0.717, 1.165) is 16.3 Å². The Morgan fingerprint density at radius 3 is 2.82 bits per heavy atom. The molecule has 2 rings (SSSR count). The van der Waals surface area contributed by atoms with Crippen molar-refractivity contribution in [1.29, 1.82) is 0 Å². The van der Waals surface area contributed by atoms with Crippen molar-refractivity contribution in [3.8, 4) is 10.6 Å². The molecule has 0 bridgehead atoms. The van der Waals surface area contributed by atoms with E-state index in [4.69, 9.17) is 0 Å². The maximum absolute atomic E-state index is 12.5. The van der Waals surface area contributed by atoms with E-state index in [-0.39, 0.29) is 11.9 Å². The molecule has 1 amide bonds. The lowest BCUT2D eigenvalue weighted by Gasteiger charge is -2.15. The molecule has 0 atom stereocenters. The van der Waals surface area contributed by atoms with Crippen LogP contribution >= 0.6 is 22.7 Å². The third-order valence-corrected chi connectivity index (χ3v) is 5.09. The Labute approximate surface area is 137 Å². The number of amides is 1. The van der Waals surface area contributed by atoms with Crippen molar-refractivity contribution in [3.05, 3.63) is 27.4 Å². The average molecular weight is 338 g/mol. The number of methoxy groups -OCH3 is 1. The Balaban J connectivity index is 2.01. The lowest BCUT2D eigenvalue weighted by molar-refractivity contribution is -0.140. The Morgan fingerprint density at radius 1 is 1.41 bits per heavy atom. The van der Waals surface area contributed by atoms with Gasteiger partial charge in [-0.3, -0.25) is 9.59 Å². The molecule has 0 aliphatic heterocycles. The quantitative estimate of drug-likeness (QED) is 0.759. The molecule has 0 unspecified atom stereocenters. The number of rotatable bonds is 6. The first-order chi connectivity index (χ1) is 10.5. The molecule has 0 saturated carbocycles. The Kier molecular flexibility index (Phi) is 5.68. The van der Waals surface area contributed by atoms with Crippen molar-refractivity contribution < 1.29 is 14.3 Å². The van der Waals surface area contributed by atoms with Crippen molar-refractivity contribution in [2.75, 3.05) is 20.7 Å². The number of aromatic nitrogens is 1. The molecule has 2 aromatic heterocycles. The number of hydrogen-bond donors (Lipinski definition) is 0. The van der Waals surface area contributed by atoms with E-state index in [0.29, 0.717) is 24.3 Å². The van der Waals surface area contributed by atoms with Crippen LogP contribution in [0, 0.1) is 6.92 Å². The standard InChI is InChI=1S/C15H18N2O3S2/c1-10-13(22-14(16-10)11-6-8-21-9-11)15(19)17(2)7-4-5-12(18)20-3/h6,8-9H,4-5,7H2,1-3H3. The average Bonchev–Trinajstić information content (AvgIpc) is 3.15. The molecule has 0 fully saturated rings. The number of nitrogens with zero attached hydrogens (tertiary/aromatic N) is 2. The maximum atomic E-state index is 12.5. The van der Waals surface area contributed by atoms with Crippen LogP contribution < -0.4 is 0 Å². The summed E-state index contributed by atoms with van der Waals surface area (Å²) in [6.07, 6.45) is 0.903. The molecule has 22 heavy (non-hydrogen) atoms. The smallest absolute Gasteiger partial charge is 0.305 e. The summed E-state index contributed by atoms with van der Waals surface area (Å²) in [4.78, 5) is 30.3. The third-order valence-electron chi connectivity index (χ3n) is 3.21. The van der Waals surface area contributed by atoms with E-state index in [9.17, 15) is 9.59 Å². The molecule has 0 aliphatic carbocycles. The first kappa shape index (κ1) is 16.6. The normalized spacial score (nSPS) is 10.5. The van der Waals surface area contributed by atoms with Crippen molar-refractivity contribution in [3.63, 3.8) is 0 Å².